The lowest BCUT2D eigenvalue weighted by atomic mass is 10.1. The number of rotatable bonds is 4. The Morgan fingerprint density at radius 1 is 1.04 bits per heavy atom. The molecule has 0 saturated carbocycles. The molecule has 0 radical (unpaired) electrons. The van der Waals surface area contributed by atoms with E-state index in [1.54, 1.807) is 18.2 Å². The van der Waals surface area contributed by atoms with Crippen molar-refractivity contribution in [3.63, 3.8) is 0 Å². The van der Waals surface area contributed by atoms with Crippen molar-refractivity contribution in [3.8, 4) is 0 Å². The van der Waals surface area contributed by atoms with Crippen molar-refractivity contribution in [1.82, 2.24) is 4.90 Å². The van der Waals surface area contributed by atoms with Crippen molar-refractivity contribution in [1.29, 1.82) is 0 Å². The molecule has 0 unspecified atom stereocenters. The van der Waals surface area contributed by atoms with Crippen LogP contribution in [0.15, 0.2) is 42.5 Å². The van der Waals surface area contributed by atoms with Gasteiger partial charge in [-0.25, -0.2) is 0 Å². The molecule has 0 aliphatic carbocycles. The first-order chi connectivity index (χ1) is 13.6. The monoisotopic (exact) mass is 399 g/mol. The van der Waals surface area contributed by atoms with Crippen LogP contribution >= 0.6 is 11.6 Å². The number of ether oxygens (including phenoxy) is 1. The first-order valence-electron chi connectivity index (χ1n) is 8.92. The van der Waals surface area contributed by atoms with E-state index in [0.717, 1.165) is 23.7 Å². The molecule has 2 aliphatic heterocycles. The molecule has 7 nitrogen and oxygen atoms in total. The molecule has 0 atom stereocenters. The third-order valence-corrected chi connectivity index (χ3v) is 5.09. The molecule has 1 N–H and O–H groups in total. The number of hydrogen-bond donors (Lipinski definition) is 1. The lowest BCUT2D eigenvalue weighted by Gasteiger charge is -2.30. The van der Waals surface area contributed by atoms with Crippen LogP contribution in [0.5, 0.6) is 0 Å². The van der Waals surface area contributed by atoms with Gasteiger partial charge in [-0.05, 0) is 24.3 Å². The van der Waals surface area contributed by atoms with Gasteiger partial charge in [0, 0.05) is 13.1 Å². The predicted octanol–water partition coefficient (Wildman–Crippen LogP) is 2.41. The first-order valence-corrected chi connectivity index (χ1v) is 9.30. The van der Waals surface area contributed by atoms with E-state index in [0.29, 0.717) is 18.9 Å². The van der Waals surface area contributed by atoms with Gasteiger partial charge < -0.3 is 15.0 Å². The predicted molar refractivity (Wildman–Crippen MR) is 105 cm³/mol. The highest BCUT2D eigenvalue weighted by Gasteiger charge is 2.38. The minimum atomic E-state index is -0.554. The molecule has 2 aliphatic rings. The third kappa shape index (κ3) is 3.34. The molecule has 2 aromatic carbocycles. The maximum Gasteiger partial charge on any atom is 0.263 e. The van der Waals surface area contributed by atoms with Gasteiger partial charge in [0.15, 0.2) is 0 Å². The largest absolute Gasteiger partial charge is 0.378 e. The number of amides is 3. The molecule has 144 valence electrons. The molecule has 0 aromatic heterocycles. The topological polar surface area (TPSA) is 79.0 Å². The molecule has 4 rings (SSSR count). The van der Waals surface area contributed by atoms with Gasteiger partial charge in [0.2, 0.25) is 5.91 Å². The van der Waals surface area contributed by atoms with Gasteiger partial charge in [-0.15, -0.1) is 0 Å². The number of carbonyl (C=O) groups excluding carboxylic acids is 3. The summed E-state index contributed by atoms with van der Waals surface area (Å²) in [6, 6.07) is 12.1. The van der Waals surface area contributed by atoms with Crippen LogP contribution in [0.1, 0.15) is 20.7 Å². The Hall–Kier alpha value is -2.90. The summed E-state index contributed by atoms with van der Waals surface area (Å²) in [5, 5.41) is 3.02. The van der Waals surface area contributed by atoms with Crippen molar-refractivity contribution in [3.05, 3.63) is 58.6 Å². The van der Waals surface area contributed by atoms with Crippen LogP contribution in [-0.2, 0) is 9.53 Å². The fourth-order valence-corrected chi connectivity index (χ4v) is 3.68. The highest BCUT2D eigenvalue weighted by molar-refractivity contribution is 6.37. The van der Waals surface area contributed by atoms with Crippen LogP contribution in [0.25, 0.3) is 0 Å². The summed E-state index contributed by atoms with van der Waals surface area (Å²) < 4.78 is 5.37. The zero-order valence-electron chi connectivity index (χ0n) is 15.0. The number of anilines is 2. The van der Waals surface area contributed by atoms with Crippen LogP contribution < -0.4 is 10.2 Å². The number of fused-ring (bicyclic) bond motifs is 1. The highest BCUT2D eigenvalue weighted by atomic mass is 35.5. The average Bonchev–Trinajstić information content (AvgIpc) is 2.95. The van der Waals surface area contributed by atoms with Gasteiger partial charge in [-0.1, -0.05) is 29.8 Å². The molecule has 0 bridgehead atoms. The number of nitrogens with zero attached hydrogens (tertiary/aromatic N) is 2. The Morgan fingerprint density at radius 3 is 2.54 bits per heavy atom. The fourth-order valence-electron chi connectivity index (χ4n) is 3.43. The number of nitrogens with one attached hydrogen (secondary N) is 1. The Bertz CT molecular complexity index is 956. The van der Waals surface area contributed by atoms with Gasteiger partial charge in [0.25, 0.3) is 11.8 Å². The summed E-state index contributed by atoms with van der Waals surface area (Å²) in [4.78, 5) is 40.7. The Balaban J connectivity index is 1.50. The molecule has 2 heterocycles. The summed E-state index contributed by atoms with van der Waals surface area (Å²) in [6.07, 6.45) is 0. The smallest absolute Gasteiger partial charge is 0.263 e. The number of morpholine rings is 1. The summed E-state index contributed by atoms with van der Waals surface area (Å²) >= 11 is 6.05. The fraction of sp³-hybridized carbons (Fsp3) is 0.250. The van der Waals surface area contributed by atoms with Gasteiger partial charge in [0.05, 0.1) is 40.7 Å². The van der Waals surface area contributed by atoms with Crippen molar-refractivity contribution < 1.29 is 19.1 Å². The highest BCUT2D eigenvalue weighted by Crippen LogP contribution is 2.30. The van der Waals surface area contributed by atoms with E-state index in [-0.39, 0.29) is 22.7 Å². The first kappa shape index (κ1) is 18.5. The van der Waals surface area contributed by atoms with Crippen molar-refractivity contribution in [2.24, 2.45) is 0 Å². The van der Waals surface area contributed by atoms with E-state index >= 15 is 0 Å². The molecule has 1 saturated heterocycles. The number of carbonyl (C=O) groups is 3. The number of imide groups is 1. The minimum absolute atomic E-state index is 0.149. The van der Waals surface area contributed by atoms with Crippen LogP contribution in [0.2, 0.25) is 5.02 Å². The molecule has 3 amide bonds. The molecular formula is C20H18ClN3O4. The van der Waals surface area contributed by atoms with Gasteiger partial charge in [-0.3, -0.25) is 19.3 Å². The Labute approximate surface area is 166 Å². The second kappa shape index (κ2) is 7.61. The zero-order valence-corrected chi connectivity index (χ0v) is 15.7. The van der Waals surface area contributed by atoms with Gasteiger partial charge in [-0.2, -0.15) is 0 Å². The maximum atomic E-state index is 12.6. The van der Waals surface area contributed by atoms with E-state index in [1.165, 1.54) is 6.07 Å². The minimum Gasteiger partial charge on any atom is -0.378 e. The third-order valence-electron chi connectivity index (χ3n) is 4.78. The lowest BCUT2D eigenvalue weighted by molar-refractivity contribution is -0.116. The number of halogens is 1. The van der Waals surface area contributed by atoms with Crippen molar-refractivity contribution >= 4 is 40.7 Å². The number of hydrogen-bond acceptors (Lipinski definition) is 5. The normalized spacial score (nSPS) is 16.3. The second-order valence-electron chi connectivity index (χ2n) is 6.52. The van der Waals surface area contributed by atoms with E-state index in [1.807, 2.05) is 18.2 Å². The van der Waals surface area contributed by atoms with Crippen LogP contribution in [0.3, 0.4) is 0 Å². The SMILES string of the molecule is O=C(CN1C(=O)c2cccc(Cl)c2C1=O)Nc1ccccc1N1CCOCC1. The standard InChI is InChI=1S/C20H18ClN3O4/c21-14-5-3-4-13-18(14)20(27)24(19(13)26)12-17(25)22-15-6-1-2-7-16(15)23-8-10-28-11-9-23/h1-7H,8-12H2,(H,22,25). The summed E-state index contributed by atoms with van der Waals surface area (Å²) in [7, 11) is 0. The second-order valence-corrected chi connectivity index (χ2v) is 6.93. The van der Waals surface area contributed by atoms with E-state index in [9.17, 15) is 14.4 Å². The molecule has 1 fully saturated rings. The van der Waals surface area contributed by atoms with E-state index in [4.69, 9.17) is 16.3 Å². The Kier molecular flexibility index (Phi) is 5.02. The summed E-state index contributed by atoms with van der Waals surface area (Å²) in [5.74, 6) is -1.52. The van der Waals surface area contributed by atoms with Gasteiger partial charge >= 0.3 is 0 Å². The Morgan fingerprint density at radius 2 is 1.79 bits per heavy atom. The average molecular weight is 400 g/mol. The lowest BCUT2D eigenvalue weighted by Crippen LogP contribution is -2.39. The molecule has 28 heavy (non-hydrogen) atoms. The van der Waals surface area contributed by atoms with E-state index < -0.39 is 17.7 Å². The van der Waals surface area contributed by atoms with Crippen LogP contribution in [-0.4, -0.2) is 55.5 Å². The van der Waals surface area contributed by atoms with Crippen molar-refractivity contribution in [2.45, 2.75) is 0 Å². The molecule has 2 aromatic rings. The maximum absolute atomic E-state index is 12.6. The molecular weight excluding hydrogens is 382 g/mol. The van der Waals surface area contributed by atoms with Crippen LogP contribution in [0, 0.1) is 0 Å². The van der Waals surface area contributed by atoms with Crippen molar-refractivity contribution in [2.75, 3.05) is 43.1 Å². The summed E-state index contributed by atoms with van der Waals surface area (Å²) in [5.41, 5.74) is 1.88. The number of benzene rings is 2. The van der Waals surface area contributed by atoms with Crippen LogP contribution in [0.4, 0.5) is 11.4 Å². The summed E-state index contributed by atoms with van der Waals surface area (Å²) in [6.45, 7) is 2.32. The zero-order chi connectivity index (χ0) is 19.7. The van der Waals surface area contributed by atoms with E-state index in [2.05, 4.69) is 10.2 Å². The quantitative estimate of drug-likeness (QED) is 0.799. The molecule has 8 heteroatoms. The molecule has 0 spiro atoms. The number of para-hydroxylation sites is 2. The van der Waals surface area contributed by atoms with Gasteiger partial charge in [0.1, 0.15) is 6.54 Å².